The summed E-state index contributed by atoms with van der Waals surface area (Å²) in [7, 11) is 8.01. The van der Waals surface area contributed by atoms with Crippen molar-refractivity contribution in [2.75, 3.05) is 75.1 Å². The van der Waals surface area contributed by atoms with Gasteiger partial charge in [-0.2, -0.15) is 0 Å². The molecule has 98 heavy (non-hydrogen) atoms. The first-order valence-corrected chi connectivity index (χ1v) is 34.2. The number of rotatable bonds is 15. The number of nitrogens with one attached hydrogen (secondary N) is 5. The molecule has 2 saturated heterocycles. The van der Waals surface area contributed by atoms with E-state index in [1.54, 1.807) is 88.0 Å². The molecule has 0 radical (unpaired) electrons. The van der Waals surface area contributed by atoms with Crippen LogP contribution in [-0.2, 0) is 68.7 Å². The van der Waals surface area contributed by atoms with E-state index in [1.165, 1.54) is 74.0 Å². The first-order valence-electron chi connectivity index (χ1n) is 33.9. The summed E-state index contributed by atoms with van der Waals surface area (Å²) in [6, 6.07) is 0.773. The second-order valence-electron chi connectivity index (χ2n) is 28.3. The number of ether oxygens (including phenoxy) is 2. The van der Waals surface area contributed by atoms with Gasteiger partial charge in [0.25, 0.3) is 0 Å². The number of halogens is 1. The number of nitrogens with zero attached hydrogens (tertiary/aromatic N) is 7. The molecule has 0 aromatic heterocycles. The summed E-state index contributed by atoms with van der Waals surface area (Å²) in [5.41, 5.74) is -0.252. The Hall–Kier alpha value is -7.91. The Morgan fingerprint density at radius 1 is 0.561 bits per heavy atom. The summed E-state index contributed by atoms with van der Waals surface area (Å²) in [5, 5.41) is 25.0. The second kappa shape index (κ2) is 37.9. The normalized spacial score (nSPS) is 25.3. The molecule has 0 aliphatic carbocycles. The molecule has 2 aliphatic rings. The molecule has 11 atom stereocenters. The Kier molecular flexibility index (Phi) is 31.9. The van der Waals surface area contributed by atoms with Gasteiger partial charge in [-0.25, -0.2) is 0 Å². The largest absolute Gasteiger partial charge is 0.489 e. The Morgan fingerprint density at radius 2 is 1.03 bits per heavy atom. The standard InChI is InChI=1S/C70H109ClN12O15/c1-41(2)33-52-60(87)75-51(40-98-70(10,11)12)66(93)78(14)45(8)65(92)81(17)53(34-42(3)4)61(88)73-49(68(95)83-31-25-20-26-32-83)37-57(85)72-44(7)64(91)80(16)55(36-47-27-21-19-22-28-47)62(89)74-50(39-97-56-30-24-23-29-48(56)71)67(94)82(18)54(35-43(5)6)63(90)76-59(46(9)84)69(96)77(13)38-58(86)79(52)15/h19,21-24,27-30,41-46,49-55,59,84H,20,25-26,31-40H2,1-18H3,(H,72,85)(H,73,88)(H,74,89)(H,75,87)(H,76,90)/t44-,45+,46-,49+,50+,51+,52+,53+,54+,55+,59+/m1/s1. The van der Waals surface area contributed by atoms with Crippen molar-refractivity contribution >= 4 is 82.5 Å². The molecular weight excluding hydrogens is 1280 g/mol. The lowest BCUT2D eigenvalue weighted by atomic mass is 9.99. The number of carbonyl (C=O) groups is 12. The lowest BCUT2D eigenvalue weighted by Crippen LogP contribution is -2.62. The second-order valence-corrected chi connectivity index (χ2v) is 28.7. The number of likely N-dealkylation sites (tertiary alicyclic amines) is 1. The number of aliphatic hydroxyl groups is 1. The fourth-order valence-electron chi connectivity index (χ4n) is 11.6. The van der Waals surface area contributed by atoms with Crippen LogP contribution in [0.4, 0.5) is 0 Å². The third-order valence-corrected chi connectivity index (χ3v) is 17.8. The van der Waals surface area contributed by atoms with Crippen molar-refractivity contribution in [2.45, 2.75) is 207 Å². The maximum Gasteiger partial charge on any atom is 0.249 e. The van der Waals surface area contributed by atoms with Gasteiger partial charge in [0, 0.05) is 61.8 Å². The number of likely N-dealkylation sites (N-methyl/N-ethyl adjacent to an activating group) is 6. The zero-order valence-electron chi connectivity index (χ0n) is 60.6. The van der Waals surface area contributed by atoms with E-state index in [1.807, 2.05) is 27.7 Å². The SMILES string of the molecule is CC(C)C[C@H]1C(=O)N[C@@H](COC(C)(C)C)C(=O)N(C)[C@@H](C)C(=O)N(C)[C@@H](CC(C)C)C(=O)N[C@H](C(=O)N2CCCCC2)CC(=O)N[C@H](C)C(=O)N(C)[C@@H](Cc2ccccc2)C(=O)N[C@@H](COc2ccccc2Cl)C(=O)N(C)[C@@H](CC(C)C)C(=O)N[C@@H]([C@@H](C)O)C(=O)N(C)CC(=O)N1C. The van der Waals surface area contributed by atoms with E-state index >= 15 is 9.59 Å². The molecule has 12 amide bonds. The number of carbonyl (C=O) groups excluding carboxylic acids is 12. The zero-order chi connectivity index (χ0) is 73.8. The van der Waals surface area contributed by atoms with Crippen LogP contribution in [0, 0.1) is 17.8 Å². The van der Waals surface area contributed by atoms with Gasteiger partial charge in [0.15, 0.2) is 0 Å². The predicted octanol–water partition coefficient (Wildman–Crippen LogP) is 2.77. The van der Waals surface area contributed by atoms with Crippen LogP contribution in [0.3, 0.4) is 0 Å². The fraction of sp³-hybridized carbons (Fsp3) is 0.657. The van der Waals surface area contributed by atoms with Crippen molar-refractivity contribution in [2.24, 2.45) is 17.8 Å². The summed E-state index contributed by atoms with van der Waals surface area (Å²) < 4.78 is 12.2. The Bertz CT molecular complexity index is 3090. The van der Waals surface area contributed by atoms with Gasteiger partial charge in [0.2, 0.25) is 70.9 Å². The highest BCUT2D eigenvalue weighted by Crippen LogP contribution is 2.25. The average molecular weight is 1390 g/mol. The smallest absolute Gasteiger partial charge is 0.249 e. The molecule has 4 rings (SSSR count). The van der Waals surface area contributed by atoms with E-state index in [0.717, 1.165) is 30.9 Å². The van der Waals surface area contributed by atoms with Gasteiger partial charge >= 0.3 is 0 Å². The summed E-state index contributed by atoms with van der Waals surface area (Å²) in [4.78, 5) is 185. The molecule has 546 valence electrons. The number of hydrogen-bond acceptors (Lipinski definition) is 15. The molecule has 0 saturated carbocycles. The van der Waals surface area contributed by atoms with Crippen molar-refractivity contribution in [1.29, 1.82) is 0 Å². The molecule has 0 bridgehead atoms. The minimum Gasteiger partial charge on any atom is -0.489 e. The lowest BCUT2D eigenvalue weighted by molar-refractivity contribution is -0.151. The van der Waals surface area contributed by atoms with Gasteiger partial charge in [0.1, 0.15) is 72.8 Å². The number of para-hydroxylation sites is 1. The molecule has 0 unspecified atom stereocenters. The van der Waals surface area contributed by atoms with Crippen molar-refractivity contribution in [1.82, 2.24) is 60.9 Å². The van der Waals surface area contributed by atoms with Crippen LogP contribution in [0.2, 0.25) is 5.02 Å². The number of amides is 12. The van der Waals surface area contributed by atoms with Crippen molar-refractivity contribution in [3.63, 3.8) is 0 Å². The molecule has 0 spiro atoms. The molecule has 27 nitrogen and oxygen atoms in total. The van der Waals surface area contributed by atoms with Crippen LogP contribution in [0.15, 0.2) is 54.6 Å². The third kappa shape index (κ3) is 24.2. The monoisotopic (exact) mass is 1390 g/mol. The number of piperidine rings is 1. The van der Waals surface area contributed by atoms with Crippen molar-refractivity contribution < 1.29 is 72.1 Å². The average Bonchev–Trinajstić information content (AvgIpc) is 0.833. The van der Waals surface area contributed by atoms with Crippen LogP contribution in [-0.4, -0.2) is 258 Å². The first-order chi connectivity index (χ1) is 45.8. The summed E-state index contributed by atoms with van der Waals surface area (Å²) in [6.07, 6.45) is -0.0900. The molecular formula is C70H109ClN12O15. The van der Waals surface area contributed by atoms with E-state index in [0.29, 0.717) is 31.5 Å². The highest BCUT2D eigenvalue weighted by molar-refractivity contribution is 6.32. The quantitative estimate of drug-likeness (QED) is 0.149. The highest BCUT2D eigenvalue weighted by atomic mass is 35.5. The number of aliphatic hydroxyl groups excluding tert-OH is 1. The van der Waals surface area contributed by atoms with Crippen LogP contribution < -0.4 is 31.3 Å². The van der Waals surface area contributed by atoms with Crippen molar-refractivity contribution in [3.05, 3.63) is 65.2 Å². The summed E-state index contributed by atoms with van der Waals surface area (Å²) in [5.74, 6) is -10.1. The van der Waals surface area contributed by atoms with E-state index in [9.17, 15) is 53.1 Å². The number of benzene rings is 2. The minimum absolute atomic E-state index is 0.0194. The van der Waals surface area contributed by atoms with Gasteiger partial charge in [-0.05, 0) is 116 Å². The summed E-state index contributed by atoms with van der Waals surface area (Å²) >= 11 is 6.52. The predicted molar refractivity (Wildman–Crippen MR) is 369 cm³/mol. The first kappa shape index (κ1) is 82.5. The molecule has 2 aromatic carbocycles. The lowest BCUT2D eigenvalue weighted by Gasteiger charge is -2.37. The Morgan fingerprint density at radius 3 is 1.56 bits per heavy atom. The molecule has 2 aromatic rings. The van der Waals surface area contributed by atoms with Crippen LogP contribution in [0.25, 0.3) is 0 Å². The van der Waals surface area contributed by atoms with Gasteiger partial charge in [-0.1, -0.05) is 95.6 Å². The number of hydrogen-bond donors (Lipinski definition) is 6. The van der Waals surface area contributed by atoms with E-state index in [2.05, 4.69) is 26.6 Å². The topological polar surface area (TPSA) is 326 Å². The highest BCUT2D eigenvalue weighted by Gasteiger charge is 2.43. The van der Waals surface area contributed by atoms with Gasteiger partial charge in [0.05, 0.1) is 36.3 Å². The maximum atomic E-state index is 15.2. The minimum atomic E-state index is -1.71. The molecule has 2 heterocycles. The zero-order valence-corrected chi connectivity index (χ0v) is 61.4. The summed E-state index contributed by atoms with van der Waals surface area (Å²) in [6.45, 7) is 19.2. The van der Waals surface area contributed by atoms with Gasteiger partial charge in [-0.15, -0.1) is 0 Å². The Balaban J connectivity index is 1.93. The van der Waals surface area contributed by atoms with Crippen LogP contribution in [0.5, 0.6) is 5.75 Å². The molecule has 2 aliphatic heterocycles. The fourth-order valence-corrected chi connectivity index (χ4v) is 11.8. The van der Waals surface area contributed by atoms with Crippen LogP contribution >= 0.6 is 11.6 Å². The maximum absolute atomic E-state index is 15.2. The van der Waals surface area contributed by atoms with Gasteiger partial charge in [-0.3, -0.25) is 57.5 Å². The third-order valence-electron chi connectivity index (χ3n) is 17.5. The molecule has 28 heteroatoms. The van der Waals surface area contributed by atoms with Crippen molar-refractivity contribution in [3.8, 4) is 5.75 Å². The molecule has 2 fully saturated rings. The van der Waals surface area contributed by atoms with E-state index in [-0.39, 0.29) is 54.2 Å². The van der Waals surface area contributed by atoms with Crippen LogP contribution in [0.1, 0.15) is 134 Å². The van der Waals surface area contributed by atoms with E-state index in [4.69, 9.17) is 21.1 Å². The van der Waals surface area contributed by atoms with E-state index < -0.39 is 169 Å². The van der Waals surface area contributed by atoms with Gasteiger partial charge < -0.3 is 75.5 Å². The molecule has 6 N–H and O–H groups in total. The Labute approximate surface area is 583 Å².